The zero-order valence-electron chi connectivity index (χ0n) is 16.1. The van der Waals surface area contributed by atoms with E-state index in [9.17, 15) is 9.59 Å². The maximum absolute atomic E-state index is 13.0. The standard InChI is InChI=1S/C24H23NO3/c1-16-5-3-4-6-21(16)22(15-23(26)20-11-12-25-17(2)13-20)19-9-7-18(8-10-19)14-24(27)28/h3-13,22H,14-15H2,1-2H3,(H,27,28)/t22-/m1/s1. The quantitative estimate of drug-likeness (QED) is 0.608. The summed E-state index contributed by atoms with van der Waals surface area (Å²) in [5.41, 5.74) is 5.46. The number of carboxylic acids is 1. The molecular formula is C24H23NO3. The minimum atomic E-state index is -0.855. The average molecular weight is 373 g/mol. The third-order valence-corrected chi connectivity index (χ3v) is 4.91. The van der Waals surface area contributed by atoms with Crippen LogP contribution in [0.2, 0.25) is 0 Å². The molecule has 1 N–H and O–H groups in total. The number of aryl methyl sites for hydroxylation is 2. The molecule has 0 saturated heterocycles. The number of rotatable bonds is 7. The van der Waals surface area contributed by atoms with Gasteiger partial charge in [0, 0.05) is 29.8 Å². The van der Waals surface area contributed by atoms with Crippen LogP contribution in [0.5, 0.6) is 0 Å². The van der Waals surface area contributed by atoms with Gasteiger partial charge in [-0.2, -0.15) is 0 Å². The molecule has 28 heavy (non-hydrogen) atoms. The van der Waals surface area contributed by atoms with Gasteiger partial charge in [-0.15, -0.1) is 0 Å². The van der Waals surface area contributed by atoms with E-state index in [4.69, 9.17) is 5.11 Å². The first-order chi connectivity index (χ1) is 13.4. The first kappa shape index (κ1) is 19.5. The molecule has 2 aromatic carbocycles. The van der Waals surface area contributed by atoms with Gasteiger partial charge >= 0.3 is 5.97 Å². The number of hydrogen-bond acceptors (Lipinski definition) is 3. The predicted molar refractivity (Wildman–Crippen MR) is 109 cm³/mol. The summed E-state index contributed by atoms with van der Waals surface area (Å²) in [6, 6.07) is 19.1. The van der Waals surface area contributed by atoms with Crippen molar-refractivity contribution in [1.29, 1.82) is 0 Å². The van der Waals surface area contributed by atoms with Crippen molar-refractivity contribution < 1.29 is 14.7 Å². The maximum Gasteiger partial charge on any atom is 0.307 e. The van der Waals surface area contributed by atoms with Crippen LogP contribution in [0.3, 0.4) is 0 Å². The average Bonchev–Trinajstić information content (AvgIpc) is 2.67. The molecule has 0 amide bonds. The molecule has 0 unspecified atom stereocenters. The van der Waals surface area contributed by atoms with Gasteiger partial charge in [0.1, 0.15) is 0 Å². The van der Waals surface area contributed by atoms with Crippen LogP contribution in [0.15, 0.2) is 66.9 Å². The lowest BCUT2D eigenvalue weighted by atomic mass is 9.83. The van der Waals surface area contributed by atoms with E-state index in [1.165, 1.54) is 0 Å². The number of carbonyl (C=O) groups excluding carboxylic acids is 1. The van der Waals surface area contributed by atoms with Crippen molar-refractivity contribution in [2.75, 3.05) is 0 Å². The van der Waals surface area contributed by atoms with Gasteiger partial charge in [0.25, 0.3) is 0 Å². The van der Waals surface area contributed by atoms with Crippen molar-refractivity contribution in [2.24, 2.45) is 0 Å². The Kier molecular flexibility index (Phi) is 5.99. The molecule has 0 saturated carbocycles. The summed E-state index contributed by atoms with van der Waals surface area (Å²) in [6.07, 6.45) is 1.99. The number of nitrogens with zero attached hydrogens (tertiary/aromatic N) is 1. The van der Waals surface area contributed by atoms with E-state index in [0.717, 1.165) is 27.9 Å². The Morgan fingerprint density at radius 1 is 1.00 bits per heavy atom. The molecule has 0 fully saturated rings. The fourth-order valence-electron chi connectivity index (χ4n) is 3.45. The van der Waals surface area contributed by atoms with E-state index >= 15 is 0 Å². The van der Waals surface area contributed by atoms with Crippen molar-refractivity contribution in [3.8, 4) is 0 Å². The van der Waals surface area contributed by atoms with E-state index in [2.05, 4.69) is 11.1 Å². The molecule has 0 radical (unpaired) electrons. The van der Waals surface area contributed by atoms with Crippen molar-refractivity contribution >= 4 is 11.8 Å². The van der Waals surface area contributed by atoms with Crippen LogP contribution in [0, 0.1) is 13.8 Å². The maximum atomic E-state index is 13.0. The number of carboxylic acid groups (broad SMARTS) is 1. The third kappa shape index (κ3) is 4.71. The highest BCUT2D eigenvalue weighted by Gasteiger charge is 2.21. The first-order valence-corrected chi connectivity index (χ1v) is 9.26. The second-order valence-electron chi connectivity index (χ2n) is 7.03. The SMILES string of the molecule is Cc1cc(C(=O)C[C@H](c2ccc(CC(=O)O)cc2)c2ccccc2C)ccn1. The normalized spacial score (nSPS) is 11.8. The Morgan fingerprint density at radius 2 is 1.71 bits per heavy atom. The third-order valence-electron chi connectivity index (χ3n) is 4.91. The number of pyridine rings is 1. The molecule has 0 aliphatic heterocycles. The molecule has 0 aliphatic carbocycles. The van der Waals surface area contributed by atoms with Gasteiger partial charge in [-0.3, -0.25) is 14.6 Å². The van der Waals surface area contributed by atoms with Crippen molar-refractivity contribution in [3.05, 3.63) is 100 Å². The van der Waals surface area contributed by atoms with Crippen molar-refractivity contribution in [1.82, 2.24) is 4.98 Å². The number of carbonyl (C=O) groups is 2. The second kappa shape index (κ2) is 8.61. The Morgan fingerprint density at radius 3 is 2.36 bits per heavy atom. The van der Waals surface area contributed by atoms with Gasteiger partial charge < -0.3 is 5.11 Å². The lowest BCUT2D eigenvalue weighted by Gasteiger charge is -2.20. The molecule has 1 heterocycles. The van der Waals surface area contributed by atoms with Crippen molar-refractivity contribution in [2.45, 2.75) is 32.6 Å². The highest BCUT2D eigenvalue weighted by Crippen LogP contribution is 2.32. The van der Waals surface area contributed by atoms with E-state index < -0.39 is 5.97 Å². The number of hydrogen-bond donors (Lipinski definition) is 1. The summed E-state index contributed by atoms with van der Waals surface area (Å²) < 4.78 is 0. The molecule has 4 heteroatoms. The molecule has 1 aromatic heterocycles. The monoisotopic (exact) mass is 373 g/mol. The molecular weight excluding hydrogens is 350 g/mol. The van der Waals surface area contributed by atoms with Gasteiger partial charge in [0.05, 0.1) is 6.42 Å². The zero-order valence-corrected chi connectivity index (χ0v) is 16.1. The molecule has 3 rings (SSSR count). The highest BCUT2D eigenvalue weighted by atomic mass is 16.4. The number of benzene rings is 2. The fourth-order valence-corrected chi connectivity index (χ4v) is 3.45. The summed E-state index contributed by atoms with van der Waals surface area (Å²) in [5.74, 6) is -0.888. The van der Waals surface area contributed by atoms with E-state index in [1.54, 1.807) is 12.3 Å². The zero-order chi connectivity index (χ0) is 20.1. The van der Waals surface area contributed by atoms with E-state index in [-0.39, 0.29) is 18.1 Å². The Labute approximate surface area is 164 Å². The smallest absolute Gasteiger partial charge is 0.307 e. The van der Waals surface area contributed by atoms with Crippen LogP contribution in [-0.4, -0.2) is 21.8 Å². The van der Waals surface area contributed by atoms with Crippen molar-refractivity contribution in [3.63, 3.8) is 0 Å². The molecule has 4 nitrogen and oxygen atoms in total. The molecule has 0 bridgehead atoms. The summed E-state index contributed by atoms with van der Waals surface area (Å²) in [5, 5.41) is 8.98. The minimum absolute atomic E-state index is 0.00939. The van der Waals surface area contributed by atoms with E-state index in [0.29, 0.717) is 12.0 Å². The van der Waals surface area contributed by atoms with Crippen LogP contribution in [0.1, 0.15) is 50.6 Å². The fraction of sp³-hybridized carbons (Fsp3) is 0.208. The van der Waals surface area contributed by atoms with Gasteiger partial charge in [0.15, 0.2) is 5.78 Å². The van der Waals surface area contributed by atoms with Crippen LogP contribution >= 0.6 is 0 Å². The summed E-state index contributed by atoms with van der Waals surface area (Å²) >= 11 is 0. The van der Waals surface area contributed by atoms with Gasteiger partial charge in [0.2, 0.25) is 0 Å². The molecule has 142 valence electrons. The molecule has 0 aliphatic rings. The Balaban J connectivity index is 1.95. The van der Waals surface area contributed by atoms with E-state index in [1.807, 2.05) is 62.4 Å². The van der Waals surface area contributed by atoms with Gasteiger partial charge in [-0.1, -0.05) is 48.5 Å². The number of ketones is 1. The van der Waals surface area contributed by atoms with Crippen LogP contribution in [0.25, 0.3) is 0 Å². The van der Waals surface area contributed by atoms with Crippen LogP contribution in [-0.2, 0) is 11.2 Å². The topological polar surface area (TPSA) is 67.3 Å². The van der Waals surface area contributed by atoms with Gasteiger partial charge in [-0.05, 0) is 48.2 Å². The Bertz CT molecular complexity index is 993. The number of aliphatic carboxylic acids is 1. The lowest BCUT2D eigenvalue weighted by molar-refractivity contribution is -0.136. The van der Waals surface area contributed by atoms with Crippen LogP contribution in [0.4, 0.5) is 0 Å². The largest absolute Gasteiger partial charge is 0.481 e. The lowest BCUT2D eigenvalue weighted by Crippen LogP contribution is -2.11. The summed E-state index contributed by atoms with van der Waals surface area (Å²) in [4.78, 5) is 28.1. The molecule has 3 aromatic rings. The van der Waals surface area contributed by atoms with Gasteiger partial charge in [-0.25, -0.2) is 0 Å². The predicted octanol–water partition coefficient (Wildman–Crippen LogP) is 4.73. The summed E-state index contributed by atoms with van der Waals surface area (Å²) in [6.45, 7) is 3.92. The van der Waals surface area contributed by atoms with Crippen LogP contribution < -0.4 is 0 Å². The number of Topliss-reactive ketones (excluding diaryl/α,β-unsaturated/α-hetero) is 1. The number of aromatic nitrogens is 1. The molecule has 0 spiro atoms. The molecule has 1 atom stereocenters. The minimum Gasteiger partial charge on any atom is -0.481 e. The summed E-state index contributed by atoms with van der Waals surface area (Å²) in [7, 11) is 0. The second-order valence-corrected chi connectivity index (χ2v) is 7.03. The highest BCUT2D eigenvalue weighted by molar-refractivity contribution is 5.96. The first-order valence-electron chi connectivity index (χ1n) is 9.26. The Hall–Kier alpha value is -3.27.